The van der Waals surface area contributed by atoms with Crippen molar-refractivity contribution in [2.75, 3.05) is 0 Å². The molecule has 0 radical (unpaired) electrons. The van der Waals surface area contributed by atoms with Crippen LogP contribution < -0.4 is 5.73 Å². The van der Waals surface area contributed by atoms with E-state index in [1.54, 1.807) is 0 Å². The van der Waals surface area contributed by atoms with E-state index in [4.69, 9.17) is 15.9 Å². The normalized spacial score (nSPS) is 17.9. The third kappa shape index (κ3) is 2.50. The van der Waals surface area contributed by atoms with E-state index >= 15 is 0 Å². The number of nitrogens with two attached hydrogens (primary N) is 1. The van der Waals surface area contributed by atoms with E-state index in [1.165, 1.54) is 13.8 Å². The first-order chi connectivity index (χ1) is 5.37. The van der Waals surface area contributed by atoms with Gasteiger partial charge in [-0.15, -0.1) is 0 Å². The van der Waals surface area contributed by atoms with Gasteiger partial charge >= 0.3 is 11.9 Å². The van der Waals surface area contributed by atoms with E-state index in [1.807, 2.05) is 0 Å². The molecule has 5 heteroatoms. The molecule has 0 aromatic heterocycles. The summed E-state index contributed by atoms with van der Waals surface area (Å²) in [5, 5.41) is 17.0. The number of aliphatic carboxylic acids is 2. The van der Waals surface area contributed by atoms with Crippen molar-refractivity contribution >= 4 is 11.9 Å². The van der Waals surface area contributed by atoms with E-state index in [2.05, 4.69) is 0 Å². The van der Waals surface area contributed by atoms with Crippen LogP contribution in [0, 0.1) is 11.8 Å². The smallest absolute Gasteiger partial charge is 0.320 e. The third-order valence-corrected chi connectivity index (χ3v) is 2.03. The zero-order valence-electron chi connectivity index (χ0n) is 7.02. The van der Waals surface area contributed by atoms with Gasteiger partial charge in [-0.1, -0.05) is 13.8 Å². The molecule has 0 heterocycles. The maximum absolute atomic E-state index is 10.4. The van der Waals surface area contributed by atoms with Crippen molar-refractivity contribution in [1.82, 2.24) is 0 Å². The minimum atomic E-state index is -1.17. The fourth-order valence-corrected chi connectivity index (χ4v) is 0.761. The SMILES string of the molecule is C[C@@H]([C@H](C)C(=O)O)[C@@H](N)C(=O)O. The number of carboxylic acids is 2. The molecule has 5 nitrogen and oxygen atoms in total. The number of carbonyl (C=O) groups is 2. The van der Waals surface area contributed by atoms with Gasteiger partial charge in [0.15, 0.2) is 0 Å². The van der Waals surface area contributed by atoms with Crippen LogP contribution in [0.15, 0.2) is 0 Å². The van der Waals surface area contributed by atoms with Crippen LogP contribution in [-0.4, -0.2) is 28.2 Å². The monoisotopic (exact) mass is 175 g/mol. The summed E-state index contributed by atoms with van der Waals surface area (Å²) in [7, 11) is 0. The summed E-state index contributed by atoms with van der Waals surface area (Å²) >= 11 is 0. The minimum Gasteiger partial charge on any atom is -0.481 e. The number of rotatable bonds is 4. The summed E-state index contributed by atoms with van der Waals surface area (Å²) in [6.07, 6.45) is 0. The van der Waals surface area contributed by atoms with Gasteiger partial charge in [-0.25, -0.2) is 0 Å². The molecule has 0 bridgehead atoms. The second kappa shape index (κ2) is 4.06. The molecule has 3 atom stereocenters. The Labute approximate surface area is 70.2 Å². The van der Waals surface area contributed by atoms with Crippen molar-refractivity contribution in [3.8, 4) is 0 Å². The van der Waals surface area contributed by atoms with E-state index in [0.717, 1.165) is 0 Å². The number of carboxylic acid groups (broad SMARTS) is 2. The van der Waals surface area contributed by atoms with Crippen molar-refractivity contribution in [3.05, 3.63) is 0 Å². The lowest BCUT2D eigenvalue weighted by Gasteiger charge is -2.19. The minimum absolute atomic E-state index is 0.569. The maximum Gasteiger partial charge on any atom is 0.320 e. The summed E-state index contributed by atoms with van der Waals surface area (Å²) in [6, 6.07) is -1.11. The van der Waals surface area contributed by atoms with Gasteiger partial charge in [-0.05, 0) is 5.92 Å². The molecule has 0 unspecified atom stereocenters. The first-order valence-electron chi connectivity index (χ1n) is 3.59. The van der Waals surface area contributed by atoms with Gasteiger partial charge in [0.1, 0.15) is 6.04 Å². The Kier molecular flexibility index (Phi) is 3.69. The lowest BCUT2D eigenvalue weighted by Crippen LogP contribution is -2.41. The molecule has 0 aliphatic carbocycles. The molecule has 0 aromatic rings. The van der Waals surface area contributed by atoms with Crippen LogP contribution in [0.3, 0.4) is 0 Å². The Morgan fingerprint density at radius 3 is 1.83 bits per heavy atom. The van der Waals surface area contributed by atoms with Gasteiger partial charge in [0, 0.05) is 0 Å². The quantitative estimate of drug-likeness (QED) is 0.547. The zero-order valence-corrected chi connectivity index (χ0v) is 7.02. The molecule has 70 valence electrons. The van der Waals surface area contributed by atoms with Crippen molar-refractivity contribution in [2.45, 2.75) is 19.9 Å². The van der Waals surface area contributed by atoms with Gasteiger partial charge in [0.25, 0.3) is 0 Å². The molecular weight excluding hydrogens is 162 g/mol. The van der Waals surface area contributed by atoms with Gasteiger partial charge in [-0.2, -0.15) is 0 Å². The standard InChI is InChI=1S/C7H13NO4/c1-3(4(2)6(9)10)5(8)7(11)12/h3-5H,8H2,1-2H3,(H,9,10)(H,11,12)/t3-,4-,5+/m0/s1. The molecular formula is C7H13NO4. The Balaban J connectivity index is 4.28. The fourth-order valence-electron chi connectivity index (χ4n) is 0.761. The molecule has 0 aromatic carbocycles. The molecule has 12 heavy (non-hydrogen) atoms. The van der Waals surface area contributed by atoms with E-state index < -0.39 is 29.8 Å². The summed E-state index contributed by atoms with van der Waals surface area (Å²) < 4.78 is 0. The summed E-state index contributed by atoms with van der Waals surface area (Å²) in [5.41, 5.74) is 5.24. The molecule has 4 N–H and O–H groups in total. The van der Waals surface area contributed by atoms with Crippen LogP contribution in [0.2, 0.25) is 0 Å². The van der Waals surface area contributed by atoms with E-state index in [0.29, 0.717) is 0 Å². The summed E-state index contributed by atoms with van der Waals surface area (Å²) in [5.74, 6) is -3.51. The Hall–Kier alpha value is -1.10. The van der Waals surface area contributed by atoms with Gasteiger partial charge in [0.2, 0.25) is 0 Å². The van der Waals surface area contributed by atoms with Crippen molar-refractivity contribution in [3.63, 3.8) is 0 Å². The van der Waals surface area contributed by atoms with Gasteiger partial charge in [0.05, 0.1) is 5.92 Å². The largest absolute Gasteiger partial charge is 0.481 e. The molecule has 0 saturated carbocycles. The van der Waals surface area contributed by atoms with Crippen LogP contribution >= 0.6 is 0 Å². The average molecular weight is 175 g/mol. The lowest BCUT2D eigenvalue weighted by atomic mass is 9.89. The predicted octanol–water partition coefficient (Wildman–Crippen LogP) is -0.245. The molecule has 0 aliphatic rings. The Morgan fingerprint density at radius 2 is 1.58 bits per heavy atom. The topological polar surface area (TPSA) is 101 Å². The highest BCUT2D eigenvalue weighted by molar-refractivity contribution is 5.76. The third-order valence-electron chi connectivity index (χ3n) is 2.03. The molecule has 0 saturated heterocycles. The van der Waals surface area contributed by atoms with Crippen LogP contribution in [0.1, 0.15) is 13.8 Å². The number of hydrogen-bond donors (Lipinski definition) is 3. The first-order valence-corrected chi connectivity index (χ1v) is 3.59. The van der Waals surface area contributed by atoms with Gasteiger partial charge < -0.3 is 15.9 Å². The maximum atomic E-state index is 10.4. The van der Waals surface area contributed by atoms with Crippen molar-refractivity contribution < 1.29 is 19.8 Å². The highest BCUT2D eigenvalue weighted by atomic mass is 16.4. The molecule has 0 aliphatic heterocycles. The first kappa shape index (κ1) is 10.9. The average Bonchev–Trinajstić information content (AvgIpc) is 2.00. The Morgan fingerprint density at radius 1 is 1.17 bits per heavy atom. The highest BCUT2D eigenvalue weighted by Gasteiger charge is 2.28. The zero-order chi connectivity index (χ0) is 9.89. The second-order valence-corrected chi connectivity index (χ2v) is 2.85. The fraction of sp³-hybridized carbons (Fsp3) is 0.714. The van der Waals surface area contributed by atoms with Crippen LogP contribution in [0.25, 0.3) is 0 Å². The second-order valence-electron chi connectivity index (χ2n) is 2.85. The van der Waals surface area contributed by atoms with Crippen LogP contribution in [0.5, 0.6) is 0 Å². The summed E-state index contributed by atoms with van der Waals surface area (Å²) in [4.78, 5) is 20.8. The predicted molar refractivity (Wildman–Crippen MR) is 41.6 cm³/mol. The van der Waals surface area contributed by atoms with E-state index in [9.17, 15) is 9.59 Å². The van der Waals surface area contributed by atoms with Crippen molar-refractivity contribution in [2.24, 2.45) is 17.6 Å². The number of hydrogen-bond acceptors (Lipinski definition) is 3. The summed E-state index contributed by atoms with van der Waals surface area (Å²) in [6.45, 7) is 2.95. The molecule has 0 spiro atoms. The highest BCUT2D eigenvalue weighted by Crippen LogP contribution is 2.14. The van der Waals surface area contributed by atoms with E-state index in [-0.39, 0.29) is 0 Å². The lowest BCUT2D eigenvalue weighted by molar-refractivity contribution is -0.145. The van der Waals surface area contributed by atoms with Crippen molar-refractivity contribution in [1.29, 1.82) is 0 Å². The van der Waals surface area contributed by atoms with Crippen LogP contribution in [0.4, 0.5) is 0 Å². The molecule has 0 fully saturated rings. The van der Waals surface area contributed by atoms with Crippen LogP contribution in [-0.2, 0) is 9.59 Å². The van der Waals surface area contributed by atoms with Gasteiger partial charge in [-0.3, -0.25) is 9.59 Å². The molecule has 0 rings (SSSR count). The Bertz CT molecular complexity index is 172. The molecule has 0 amide bonds.